The van der Waals surface area contributed by atoms with Crippen LogP contribution in [0.1, 0.15) is 15.9 Å². The lowest BCUT2D eigenvalue weighted by Gasteiger charge is -1.96. The molecule has 0 unspecified atom stereocenters. The highest BCUT2D eigenvalue weighted by Crippen LogP contribution is 2.28. The molecule has 0 aliphatic rings. The Labute approximate surface area is 87.1 Å². The summed E-state index contributed by atoms with van der Waals surface area (Å²) in [6.45, 7) is 1.99. The third-order valence-electron chi connectivity index (χ3n) is 2.44. The van der Waals surface area contributed by atoms with E-state index in [0.717, 1.165) is 22.8 Å². The Bertz CT molecular complexity index is 513. The van der Waals surface area contributed by atoms with Gasteiger partial charge < -0.3 is 4.57 Å². The second-order valence-corrected chi connectivity index (χ2v) is 3.76. The van der Waals surface area contributed by atoms with Crippen molar-refractivity contribution in [2.24, 2.45) is 7.05 Å². The van der Waals surface area contributed by atoms with Crippen LogP contribution in [-0.2, 0) is 7.05 Å². The summed E-state index contributed by atoms with van der Waals surface area (Å²) >= 11 is 6.02. The van der Waals surface area contributed by atoms with E-state index < -0.39 is 0 Å². The first kappa shape index (κ1) is 9.28. The molecule has 0 bridgehead atoms. The molecule has 0 fully saturated rings. The number of aldehydes is 1. The average molecular weight is 208 g/mol. The number of benzene rings is 1. The standard InChI is InChI=1S/C11H10ClNO/c1-7-3-4-10-8(5-7)9(6-14)11(12)13(10)2/h3-6H,1-2H3. The maximum atomic E-state index is 10.9. The van der Waals surface area contributed by atoms with Crippen LogP contribution in [0.15, 0.2) is 18.2 Å². The molecule has 14 heavy (non-hydrogen) atoms. The van der Waals surface area contributed by atoms with Gasteiger partial charge in [-0.15, -0.1) is 0 Å². The topological polar surface area (TPSA) is 22.0 Å². The van der Waals surface area contributed by atoms with E-state index in [1.165, 1.54) is 0 Å². The number of hydrogen-bond donors (Lipinski definition) is 0. The van der Waals surface area contributed by atoms with Gasteiger partial charge in [0.2, 0.25) is 0 Å². The molecular weight excluding hydrogens is 198 g/mol. The fourth-order valence-corrected chi connectivity index (χ4v) is 1.91. The maximum Gasteiger partial charge on any atom is 0.153 e. The third-order valence-corrected chi connectivity index (χ3v) is 2.90. The summed E-state index contributed by atoms with van der Waals surface area (Å²) in [7, 11) is 1.85. The first-order valence-electron chi connectivity index (χ1n) is 4.35. The summed E-state index contributed by atoms with van der Waals surface area (Å²) < 4.78 is 1.82. The van der Waals surface area contributed by atoms with Gasteiger partial charge in [-0.3, -0.25) is 4.79 Å². The van der Waals surface area contributed by atoms with E-state index in [1.807, 2.05) is 36.7 Å². The fraction of sp³-hybridized carbons (Fsp3) is 0.182. The summed E-state index contributed by atoms with van der Waals surface area (Å²) in [5, 5.41) is 1.42. The van der Waals surface area contributed by atoms with Crippen LogP contribution in [0.4, 0.5) is 0 Å². The number of halogens is 1. The van der Waals surface area contributed by atoms with Crippen molar-refractivity contribution in [3.8, 4) is 0 Å². The second kappa shape index (κ2) is 3.14. The molecule has 72 valence electrons. The van der Waals surface area contributed by atoms with Crippen LogP contribution in [0.2, 0.25) is 5.15 Å². The molecule has 0 N–H and O–H groups in total. The molecule has 0 saturated carbocycles. The van der Waals surface area contributed by atoms with Crippen molar-refractivity contribution in [2.45, 2.75) is 6.92 Å². The molecule has 1 aromatic carbocycles. The second-order valence-electron chi connectivity index (χ2n) is 3.40. The summed E-state index contributed by atoms with van der Waals surface area (Å²) in [6, 6.07) is 5.96. The lowest BCUT2D eigenvalue weighted by Crippen LogP contribution is -1.86. The minimum Gasteiger partial charge on any atom is -0.334 e. The van der Waals surface area contributed by atoms with Gasteiger partial charge >= 0.3 is 0 Å². The summed E-state index contributed by atoms with van der Waals surface area (Å²) in [4.78, 5) is 10.9. The van der Waals surface area contributed by atoms with Crippen molar-refractivity contribution in [1.82, 2.24) is 4.57 Å². The summed E-state index contributed by atoms with van der Waals surface area (Å²) in [5.41, 5.74) is 2.69. The number of aryl methyl sites for hydroxylation is 2. The molecule has 0 aliphatic carbocycles. The Hall–Kier alpha value is -1.28. The van der Waals surface area contributed by atoms with E-state index in [9.17, 15) is 4.79 Å². The average Bonchev–Trinajstić information content (AvgIpc) is 2.39. The van der Waals surface area contributed by atoms with Crippen molar-refractivity contribution >= 4 is 28.8 Å². The lowest BCUT2D eigenvalue weighted by molar-refractivity contribution is 0.112. The number of rotatable bonds is 1. The van der Waals surface area contributed by atoms with Gasteiger partial charge in [-0.05, 0) is 19.1 Å². The summed E-state index contributed by atoms with van der Waals surface area (Å²) in [5.74, 6) is 0. The van der Waals surface area contributed by atoms with E-state index in [0.29, 0.717) is 10.7 Å². The van der Waals surface area contributed by atoms with Crippen LogP contribution >= 0.6 is 11.6 Å². The van der Waals surface area contributed by atoms with Gasteiger partial charge in [0.1, 0.15) is 5.15 Å². The zero-order valence-corrected chi connectivity index (χ0v) is 8.80. The monoisotopic (exact) mass is 207 g/mol. The Morgan fingerprint density at radius 3 is 2.79 bits per heavy atom. The molecular formula is C11H10ClNO. The van der Waals surface area contributed by atoms with Gasteiger partial charge in [0.05, 0.1) is 5.56 Å². The van der Waals surface area contributed by atoms with E-state index in [1.54, 1.807) is 0 Å². The van der Waals surface area contributed by atoms with E-state index in [4.69, 9.17) is 11.6 Å². The molecule has 0 amide bonds. The molecule has 1 heterocycles. The Morgan fingerprint density at radius 2 is 2.14 bits per heavy atom. The van der Waals surface area contributed by atoms with Crippen LogP contribution in [0.25, 0.3) is 10.9 Å². The van der Waals surface area contributed by atoms with Crippen LogP contribution in [-0.4, -0.2) is 10.9 Å². The van der Waals surface area contributed by atoms with Crippen LogP contribution in [0, 0.1) is 6.92 Å². The number of carbonyl (C=O) groups excluding carboxylic acids is 1. The zero-order valence-electron chi connectivity index (χ0n) is 8.04. The van der Waals surface area contributed by atoms with Crippen molar-refractivity contribution < 1.29 is 4.79 Å². The molecule has 3 heteroatoms. The minimum atomic E-state index is 0.501. The van der Waals surface area contributed by atoms with Gasteiger partial charge in [0, 0.05) is 18.0 Å². The fourth-order valence-electron chi connectivity index (χ4n) is 1.67. The number of nitrogens with zero attached hydrogens (tertiary/aromatic N) is 1. The van der Waals surface area contributed by atoms with E-state index >= 15 is 0 Å². The highest BCUT2D eigenvalue weighted by Gasteiger charge is 2.12. The van der Waals surface area contributed by atoms with Gasteiger partial charge in [-0.2, -0.15) is 0 Å². The predicted molar refractivity (Wildman–Crippen MR) is 58.1 cm³/mol. The number of aromatic nitrogens is 1. The van der Waals surface area contributed by atoms with E-state index in [-0.39, 0.29) is 0 Å². The molecule has 1 aromatic heterocycles. The normalized spacial score (nSPS) is 10.8. The molecule has 2 nitrogen and oxygen atoms in total. The highest BCUT2D eigenvalue weighted by molar-refractivity contribution is 6.34. The van der Waals surface area contributed by atoms with Gasteiger partial charge in [0.15, 0.2) is 6.29 Å². The van der Waals surface area contributed by atoms with Gasteiger partial charge in [-0.25, -0.2) is 0 Å². The smallest absolute Gasteiger partial charge is 0.153 e. The first-order valence-corrected chi connectivity index (χ1v) is 4.72. The largest absolute Gasteiger partial charge is 0.334 e. The summed E-state index contributed by atoms with van der Waals surface area (Å²) in [6.07, 6.45) is 0.810. The molecule has 0 atom stereocenters. The molecule has 0 aliphatic heterocycles. The van der Waals surface area contributed by atoms with Crippen molar-refractivity contribution in [3.05, 3.63) is 34.5 Å². The minimum absolute atomic E-state index is 0.501. The molecule has 0 spiro atoms. The zero-order chi connectivity index (χ0) is 10.3. The number of carbonyl (C=O) groups is 1. The Morgan fingerprint density at radius 1 is 1.43 bits per heavy atom. The van der Waals surface area contributed by atoms with Crippen molar-refractivity contribution in [2.75, 3.05) is 0 Å². The predicted octanol–water partition coefficient (Wildman–Crippen LogP) is 2.95. The quantitative estimate of drug-likeness (QED) is 0.659. The molecule has 0 radical (unpaired) electrons. The van der Waals surface area contributed by atoms with Crippen LogP contribution < -0.4 is 0 Å². The molecule has 0 saturated heterocycles. The Balaban J connectivity index is 2.96. The highest BCUT2D eigenvalue weighted by atomic mass is 35.5. The van der Waals surface area contributed by atoms with Crippen LogP contribution in [0.5, 0.6) is 0 Å². The van der Waals surface area contributed by atoms with E-state index in [2.05, 4.69) is 0 Å². The maximum absolute atomic E-state index is 10.9. The lowest BCUT2D eigenvalue weighted by atomic mass is 10.1. The number of fused-ring (bicyclic) bond motifs is 1. The molecule has 2 rings (SSSR count). The number of hydrogen-bond acceptors (Lipinski definition) is 1. The van der Waals surface area contributed by atoms with Gasteiger partial charge in [-0.1, -0.05) is 23.2 Å². The van der Waals surface area contributed by atoms with Crippen molar-refractivity contribution in [3.63, 3.8) is 0 Å². The Kier molecular flexibility index (Phi) is 2.08. The molecule has 2 aromatic rings. The third kappa shape index (κ3) is 1.15. The SMILES string of the molecule is Cc1ccc2c(c1)c(C=O)c(Cl)n2C. The van der Waals surface area contributed by atoms with Gasteiger partial charge in [0.25, 0.3) is 0 Å². The van der Waals surface area contributed by atoms with Crippen molar-refractivity contribution in [1.29, 1.82) is 0 Å². The first-order chi connectivity index (χ1) is 6.65. The van der Waals surface area contributed by atoms with Crippen LogP contribution in [0.3, 0.4) is 0 Å².